The zero-order valence-corrected chi connectivity index (χ0v) is 7.97. The van der Waals surface area contributed by atoms with Crippen molar-refractivity contribution in [2.45, 2.75) is 0 Å². The number of H-pyrrole nitrogens is 2. The molecule has 70 valence electrons. The Morgan fingerprint density at radius 3 is 2.50 bits per heavy atom. The molecule has 0 saturated heterocycles. The van der Waals surface area contributed by atoms with E-state index in [1.165, 1.54) is 0 Å². The van der Waals surface area contributed by atoms with Crippen molar-refractivity contribution in [3.63, 3.8) is 0 Å². The van der Waals surface area contributed by atoms with Crippen LogP contribution in [0.2, 0.25) is 0 Å². The van der Waals surface area contributed by atoms with E-state index >= 15 is 0 Å². The van der Waals surface area contributed by atoms with Gasteiger partial charge in [-0.2, -0.15) is 0 Å². The molecular weight excluding hydrogens is 198 g/mol. The standard InChI is InChI=1S/C9H7N3OS/c13-8-9(14)10-7(11-12-8)6-4-2-1-3-5-6/h1-5H,(H,12,13)(H,10,11,14). The lowest BCUT2D eigenvalue weighted by Crippen LogP contribution is -2.11. The minimum atomic E-state index is -0.375. The third-order valence-corrected chi connectivity index (χ3v) is 2.03. The maximum absolute atomic E-state index is 10.9. The predicted octanol–water partition coefficient (Wildman–Crippen LogP) is 1.49. The van der Waals surface area contributed by atoms with E-state index in [1.807, 2.05) is 30.3 Å². The van der Waals surface area contributed by atoms with Crippen LogP contribution in [0.25, 0.3) is 11.4 Å². The first-order chi connectivity index (χ1) is 6.77. The summed E-state index contributed by atoms with van der Waals surface area (Å²) in [7, 11) is 0. The summed E-state index contributed by atoms with van der Waals surface area (Å²) in [5, 5.41) is 5.10. The van der Waals surface area contributed by atoms with Gasteiger partial charge in [-0.25, -0.2) is 4.98 Å². The number of nitrogens with zero attached hydrogens (tertiary/aromatic N) is 1. The molecule has 1 heterocycles. The van der Waals surface area contributed by atoms with E-state index < -0.39 is 0 Å². The van der Waals surface area contributed by atoms with Crippen molar-refractivity contribution in [2.24, 2.45) is 0 Å². The fourth-order valence-corrected chi connectivity index (χ4v) is 1.22. The van der Waals surface area contributed by atoms with Gasteiger partial charge in [0.15, 0.2) is 10.5 Å². The van der Waals surface area contributed by atoms with Gasteiger partial charge >= 0.3 is 0 Å². The van der Waals surface area contributed by atoms with Crippen LogP contribution in [-0.2, 0) is 0 Å². The Hall–Kier alpha value is -1.75. The first-order valence-electron chi connectivity index (χ1n) is 4.02. The van der Waals surface area contributed by atoms with Gasteiger partial charge in [-0.1, -0.05) is 42.5 Å². The van der Waals surface area contributed by atoms with E-state index in [2.05, 4.69) is 15.2 Å². The molecule has 0 aliphatic rings. The van der Waals surface area contributed by atoms with Gasteiger partial charge in [-0.3, -0.25) is 15.0 Å². The second-order valence-electron chi connectivity index (χ2n) is 2.71. The number of hydrogen-bond acceptors (Lipinski definition) is 3. The largest absolute Gasteiger partial charge is 0.299 e. The smallest absolute Gasteiger partial charge is 0.281 e. The lowest BCUT2D eigenvalue weighted by Gasteiger charge is -1.98. The average Bonchev–Trinajstić information content (AvgIpc) is 2.23. The summed E-state index contributed by atoms with van der Waals surface area (Å²) in [5.41, 5.74) is 0.509. The summed E-state index contributed by atoms with van der Waals surface area (Å²) in [6, 6.07) is 9.44. The van der Waals surface area contributed by atoms with Crippen molar-refractivity contribution >= 4 is 12.2 Å². The highest BCUT2D eigenvalue weighted by molar-refractivity contribution is 7.71. The summed E-state index contributed by atoms with van der Waals surface area (Å²) < 4.78 is 0.0441. The van der Waals surface area contributed by atoms with E-state index in [0.29, 0.717) is 5.82 Å². The van der Waals surface area contributed by atoms with Crippen LogP contribution in [0.3, 0.4) is 0 Å². The van der Waals surface area contributed by atoms with E-state index in [0.717, 1.165) is 5.56 Å². The Labute approximate surface area is 84.6 Å². The molecular formula is C9H7N3OS. The summed E-state index contributed by atoms with van der Waals surface area (Å²) in [4.78, 5) is 14.9. The van der Waals surface area contributed by atoms with Crippen LogP contribution in [0.5, 0.6) is 0 Å². The van der Waals surface area contributed by atoms with Gasteiger partial charge in [-0.05, 0) is 0 Å². The van der Waals surface area contributed by atoms with Gasteiger partial charge in [-0.15, -0.1) is 0 Å². The third kappa shape index (κ3) is 1.62. The Bertz CT molecular complexity index is 544. The highest BCUT2D eigenvalue weighted by atomic mass is 32.1. The number of benzene rings is 1. The van der Waals surface area contributed by atoms with Crippen molar-refractivity contribution in [1.29, 1.82) is 0 Å². The van der Waals surface area contributed by atoms with Crippen LogP contribution in [0, 0.1) is 4.64 Å². The summed E-state index contributed by atoms with van der Waals surface area (Å²) in [6.45, 7) is 0. The Morgan fingerprint density at radius 1 is 1.14 bits per heavy atom. The molecule has 0 fully saturated rings. The highest BCUT2D eigenvalue weighted by Gasteiger charge is 1.98. The molecule has 0 amide bonds. The lowest BCUT2D eigenvalue weighted by molar-refractivity contribution is 0.931. The van der Waals surface area contributed by atoms with Gasteiger partial charge in [0, 0.05) is 5.56 Å². The van der Waals surface area contributed by atoms with Crippen molar-refractivity contribution in [3.8, 4) is 11.4 Å². The fraction of sp³-hybridized carbons (Fsp3) is 0. The highest BCUT2D eigenvalue weighted by Crippen LogP contribution is 2.10. The molecule has 4 nitrogen and oxygen atoms in total. The molecule has 2 N–H and O–H groups in total. The van der Waals surface area contributed by atoms with Gasteiger partial charge in [0.25, 0.3) is 5.56 Å². The first kappa shape index (κ1) is 8.83. The zero-order valence-electron chi connectivity index (χ0n) is 7.15. The van der Waals surface area contributed by atoms with Gasteiger partial charge in [0.1, 0.15) is 0 Å². The molecule has 0 aliphatic heterocycles. The fourth-order valence-electron chi connectivity index (χ4n) is 1.08. The minimum absolute atomic E-state index is 0.0441. The normalized spacial score (nSPS) is 10.0. The number of hydrogen-bond donors (Lipinski definition) is 2. The zero-order chi connectivity index (χ0) is 9.97. The molecule has 2 rings (SSSR count). The van der Waals surface area contributed by atoms with Crippen molar-refractivity contribution in [3.05, 3.63) is 45.3 Å². The molecule has 2 aromatic rings. The quantitative estimate of drug-likeness (QED) is 0.693. The summed E-state index contributed by atoms with van der Waals surface area (Å²) >= 11 is 4.77. The third-order valence-electron chi connectivity index (χ3n) is 1.75. The van der Waals surface area contributed by atoms with Gasteiger partial charge < -0.3 is 0 Å². The summed E-state index contributed by atoms with van der Waals surface area (Å²) in [5.74, 6) is 0.565. The first-order valence-corrected chi connectivity index (χ1v) is 4.42. The Morgan fingerprint density at radius 2 is 1.86 bits per heavy atom. The Kier molecular flexibility index (Phi) is 2.24. The van der Waals surface area contributed by atoms with Crippen molar-refractivity contribution in [1.82, 2.24) is 15.2 Å². The Balaban J connectivity index is 2.59. The number of aromatic amines is 2. The minimum Gasteiger partial charge on any atom is -0.281 e. The molecule has 1 aromatic heterocycles. The molecule has 0 saturated carbocycles. The van der Waals surface area contributed by atoms with E-state index in [1.54, 1.807) is 0 Å². The van der Waals surface area contributed by atoms with Crippen LogP contribution in [0.4, 0.5) is 0 Å². The summed E-state index contributed by atoms with van der Waals surface area (Å²) in [6.07, 6.45) is 0. The van der Waals surface area contributed by atoms with Crippen molar-refractivity contribution < 1.29 is 0 Å². The van der Waals surface area contributed by atoms with Crippen molar-refractivity contribution in [2.75, 3.05) is 0 Å². The molecule has 0 spiro atoms. The molecule has 14 heavy (non-hydrogen) atoms. The molecule has 0 aliphatic carbocycles. The van der Waals surface area contributed by atoms with E-state index in [9.17, 15) is 4.79 Å². The van der Waals surface area contributed by atoms with Crippen LogP contribution >= 0.6 is 12.2 Å². The number of nitrogens with one attached hydrogen (secondary N) is 2. The SMILES string of the molecule is O=c1[nH][nH]c(-c2ccccc2)nc1=S. The van der Waals surface area contributed by atoms with Gasteiger partial charge in [0.05, 0.1) is 0 Å². The second-order valence-corrected chi connectivity index (χ2v) is 3.10. The molecule has 0 bridgehead atoms. The number of aromatic nitrogens is 3. The lowest BCUT2D eigenvalue weighted by atomic mass is 10.2. The molecule has 0 atom stereocenters. The van der Waals surface area contributed by atoms with Gasteiger partial charge in [0.2, 0.25) is 0 Å². The van der Waals surface area contributed by atoms with Crippen LogP contribution in [0.1, 0.15) is 0 Å². The predicted molar refractivity (Wildman–Crippen MR) is 55.5 cm³/mol. The monoisotopic (exact) mass is 205 g/mol. The molecule has 0 radical (unpaired) electrons. The van der Waals surface area contributed by atoms with E-state index in [-0.39, 0.29) is 10.2 Å². The molecule has 0 unspecified atom stereocenters. The average molecular weight is 205 g/mol. The van der Waals surface area contributed by atoms with E-state index in [4.69, 9.17) is 12.2 Å². The van der Waals surface area contributed by atoms with Crippen LogP contribution in [-0.4, -0.2) is 15.2 Å². The number of rotatable bonds is 1. The molecule has 5 heteroatoms. The van der Waals surface area contributed by atoms with Crippen LogP contribution in [0.15, 0.2) is 35.1 Å². The topological polar surface area (TPSA) is 61.5 Å². The molecule has 1 aromatic carbocycles. The van der Waals surface area contributed by atoms with Crippen LogP contribution < -0.4 is 5.56 Å². The second kappa shape index (κ2) is 3.55. The maximum Gasteiger partial charge on any atom is 0.299 e. The maximum atomic E-state index is 10.9.